The number of hydrogen-bond acceptors (Lipinski definition) is 4. The number of carboxylic acids is 1. The lowest BCUT2D eigenvalue weighted by molar-refractivity contribution is -0.139. The minimum atomic E-state index is -4.41. The fourth-order valence-corrected chi connectivity index (χ4v) is 5.50. The Hall–Kier alpha value is -2.58. The molecule has 2 aliphatic rings. The predicted molar refractivity (Wildman–Crippen MR) is 137 cm³/mol. The molecule has 0 atom stereocenters. The van der Waals surface area contributed by atoms with Gasteiger partial charge in [-0.05, 0) is 72.4 Å². The maximum absolute atomic E-state index is 13.9. The van der Waals surface area contributed by atoms with E-state index in [0.29, 0.717) is 35.7 Å². The van der Waals surface area contributed by atoms with Crippen molar-refractivity contribution in [3.63, 3.8) is 0 Å². The van der Waals surface area contributed by atoms with Crippen molar-refractivity contribution in [2.24, 2.45) is 5.16 Å². The standard InChI is InChI=1S/C28H32ClF3N2O3/c29-25-15-23-20(14-21(25)16-33-12-11-27(35)36)7-4-8-26(23)34-37-17-18-9-10-22(19-5-2-1-3-6-19)24(13-18)28(30,31)32/h9-10,13-15,19,33H,1-8,11-12,16-17H2,(H,35,36). The van der Waals surface area contributed by atoms with Crippen molar-refractivity contribution in [3.8, 4) is 0 Å². The first kappa shape index (κ1) is 27.5. The van der Waals surface area contributed by atoms with Crippen LogP contribution in [0.5, 0.6) is 0 Å². The number of rotatable bonds is 9. The highest BCUT2D eigenvalue weighted by atomic mass is 35.5. The Labute approximate surface area is 220 Å². The SMILES string of the molecule is O=C(O)CCNCc1cc2c(cc1Cl)C(=NOCc1ccc(C3CCCCC3)c(C(F)(F)F)c1)CCC2. The lowest BCUT2D eigenvalue weighted by Gasteiger charge is -2.25. The molecule has 2 aromatic rings. The number of fused-ring (bicyclic) bond motifs is 1. The zero-order valence-corrected chi connectivity index (χ0v) is 21.4. The van der Waals surface area contributed by atoms with Crippen LogP contribution in [0, 0.1) is 0 Å². The second-order valence-corrected chi connectivity index (χ2v) is 10.2. The van der Waals surface area contributed by atoms with Gasteiger partial charge < -0.3 is 15.3 Å². The Morgan fingerprint density at radius 1 is 1.11 bits per heavy atom. The predicted octanol–water partition coefficient (Wildman–Crippen LogP) is 7.23. The third kappa shape index (κ3) is 7.26. The number of oxime groups is 1. The number of benzene rings is 2. The second-order valence-electron chi connectivity index (χ2n) is 9.84. The molecule has 0 aliphatic heterocycles. The number of nitrogens with zero attached hydrogens (tertiary/aromatic N) is 1. The third-order valence-electron chi connectivity index (χ3n) is 7.15. The first-order valence-corrected chi connectivity index (χ1v) is 13.2. The average molecular weight is 537 g/mol. The van der Waals surface area contributed by atoms with Crippen LogP contribution in [0.15, 0.2) is 35.5 Å². The Balaban J connectivity index is 1.45. The molecule has 2 aliphatic carbocycles. The van der Waals surface area contributed by atoms with Gasteiger partial charge in [0, 0.05) is 23.7 Å². The molecule has 1 fully saturated rings. The summed E-state index contributed by atoms with van der Waals surface area (Å²) in [5, 5.41) is 16.7. The number of halogens is 4. The van der Waals surface area contributed by atoms with Gasteiger partial charge in [-0.25, -0.2) is 0 Å². The molecule has 1 saturated carbocycles. The van der Waals surface area contributed by atoms with Gasteiger partial charge in [-0.15, -0.1) is 0 Å². The monoisotopic (exact) mass is 536 g/mol. The maximum atomic E-state index is 13.9. The molecule has 37 heavy (non-hydrogen) atoms. The highest BCUT2D eigenvalue weighted by Gasteiger charge is 2.35. The molecule has 9 heteroatoms. The summed E-state index contributed by atoms with van der Waals surface area (Å²) in [6.45, 7) is 0.758. The largest absolute Gasteiger partial charge is 0.481 e. The molecule has 2 N–H and O–H groups in total. The van der Waals surface area contributed by atoms with Gasteiger partial charge in [-0.2, -0.15) is 13.2 Å². The van der Waals surface area contributed by atoms with Crippen LogP contribution < -0.4 is 5.32 Å². The molecule has 0 radical (unpaired) electrons. The number of nitrogens with one attached hydrogen (secondary N) is 1. The number of aliphatic carboxylic acids is 1. The fraction of sp³-hybridized carbons (Fsp3) is 0.500. The summed E-state index contributed by atoms with van der Waals surface area (Å²) < 4.78 is 41.6. The molecule has 0 unspecified atom stereocenters. The number of carbonyl (C=O) groups is 1. The fourth-order valence-electron chi connectivity index (χ4n) is 5.27. The number of alkyl halides is 3. The molecule has 0 spiro atoms. The van der Waals surface area contributed by atoms with Gasteiger partial charge in [0.1, 0.15) is 6.61 Å². The first-order chi connectivity index (χ1) is 17.7. The van der Waals surface area contributed by atoms with Crippen molar-refractivity contribution in [3.05, 3.63) is 68.7 Å². The Morgan fingerprint density at radius 3 is 2.62 bits per heavy atom. The van der Waals surface area contributed by atoms with Crippen molar-refractivity contribution < 1.29 is 27.9 Å². The van der Waals surface area contributed by atoms with Crippen molar-refractivity contribution in [1.82, 2.24) is 5.32 Å². The van der Waals surface area contributed by atoms with E-state index in [2.05, 4.69) is 10.5 Å². The highest BCUT2D eigenvalue weighted by molar-refractivity contribution is 6.32. The Bertz CT molecular complexity index is 1140. The summed E-state index contributed by atoms with van der Waals surface area (Å²) in [4.78, 5) is 16.2. The molecule has 4 rings (SSSR count). The molecule has 0 aromatic heterocycles. The van der Waals surface area contributed by atoms with Gasteiger partial charge in [0.2, 0.25) is 0 Å². The number of carboxylic acid groups (broad SMARTS) is 1. The van der Waals surface area contributed by atoms with Crippen LogP contribution in [-0.4, -0.2) is 23.3 Å². The molecule has 0 heterocycles. The van der Waals surface area contributed by atoms with Crippen LogP contribution in [0.1, 0.15) is 90.7 Å². The van der Waals surface area contributed by atoms with Crippen molar-refractivity contribution in [1.29, 1.82) is 0 Å². The van der Waals surface area contributed by atoms with Crippen LogP contribution >= 0.6 is 11.6 Å². The minimum Gasteiger partial charge on any atom is -0.481 e. The van der Waals surface area contributed by atoms with E-state index in [9.17, 15) is 18.0 Å². The van der Waals surface area contributed by atoms with Crippen LogP contribution in [0.25, 0.3) is 0 Å². The van der Waals surface area contributed by atoms with Gasteiger partial charge in [-0.1, -0.05) is 54.2 Å². The van der Waals surface area contributed by atoms with E-state index < -0.39 is 17.7 Å². The Morgan fingerprint density at radius 2 is 1.89 bits per heavy atom. The summed E-state index contributed by atoms with van der Waals surface area (Å²) in [7, 11) is 0. The smallest absolute Gasteiger partial charge is 0.416 e. The summed E-state index contributed by atoms with van der Waals surface area (Å²) in [6.07, 6.45) is 2.67. The van der Waals surface area contributed by atoms with Crippen molar-refractivity contribution in [2.45, 2.75) is 83.0 Å². The Kier molecular flexibility index (Phi) is 9.13. The topological polar surface area (TPSA) is 70.9 Å². The van der Waals surface area contributed by atoms with E-state index >= 15 is 0 Å². The minimum absolute atomic E-state index is 0.0322. The van der Waals surface area contributed by atoms with E-state index in [-0.39, 0.29) is 18.9 Å². The zero-order chi connectivity index (χ0) is 26.4. The van der Waals surface area contributed by atoms with Crippen molar-refractivity contribution >= 4 is 23.3 Å². The van der Waals surface area contributed by atoms with Crippen LogP contribution in [0.4, 0.5) is 13.2 Å². The molecule has 200 valence electrons. The molecule has 2 aromatic carbocycles. The van der Waals surface area contributed by atoms with Gasteiger partial charge >= 0.3 is 12.1 Å². The van der Waals surface area contributed by atoms with Crippen molar-refractivity contribution in [2.75, 3.05) is 6.54 Å². The molecule has 0 saturated heterocycles. The molecular weight excluding hydrogens is 505 g/mol. The highest BCUT2D eigenvalue weighted by Crippen LogP contribution is 2.41. The summed E-state index contributed by atoms with van der Waals surface area (Å²) >= 11 is 6.48. The number of hydrogen-bond donors (Lipinski definition) is 2. The molecule has 0 amide bonds. The average Bonchev–Trinajstić information content (AvgIpc) is 2.87. The van der Waals surface area contributed by atoms with Gasteiger partial charge in [0.05, 0.1) is 17.7 Å². The van der Waals surface area contributed by atoms with Crippen LogP contribution in [0.2, 0.25) is 5.02 Å². The first-order valence-electron chi connectivity index (χ1n) is 12.9. The van der Waals surface area contributed by atoms with E-state index in [4.69, 9.17) is 21.5 Å². The summed E-state index contributed by atoms with van der Waals surface area (Å²) in [5.41, 5.74) is 3.83. The van der Waals surface area contributed by atoms with Gasteiger partial charge in [0.25, 0.3) is 0 Å². The maximum Gasteiger partial charge on any atom is 0.416 e. The molecule has 0 bridgehead atoms. The molecular formula is C28H32ClF3N2O3. The summed E-state index contributed by atoms with van der Waals surface area (Å²) in [6, 6.07) is 8.38. The zero-order valence-electron chi connectivity index (χ0n) is 20.7. The lowest BCUT2D eigenvalue weighted by Crippen LogP contribution is -2.19. The quantitative estimate of drug-likeness (QED) is 0.262. The van der Waals surface area contributed by atoms with Crippen LogP contribution in [-0.2, 0) is 35.4 Å². The number of aryl methyl sites for hydroxylation is 1. The van der Waals surface area contributed by atoms with Crippen LogP contribution in [0.3, 0.4) is 0 Å². The normalized spacial score (nSPS) is 17.6. The van der Waals surface area contributed by atoms with Gasteiger partial charge in [-0.3, -0.25) is 4.79 Å². The van der Waals surface area contributed by atoms with E-state index in [1.807, 2.05) is 12.1 Å². The second kappa shape index (κ2) is 12.3. The van der Waals surface area contributed by atoms with E-state index in [0.717, 1.165) is 67.3 Å². The lowest BCUT2D eigenvalue weighted by atomic mass is 9.81. The van der Waals surface area contributed by atoms with Gasteiger partial charge in [0.15, 0.2) is 0 Å². The summed E-state index contributed by atoms with van der Waals surface area (Å²) in [5.74, 6) is -0.902. The van der Waals surface area contributed by atoms with E-state index in [1.54, 1.807) is 12.1 Å². The third-order valence-corrected chi connectivity index (χ3v) is 7.50. The molecule has 5 nitrogen and oxygen atoms in total. The van der Waals surface area contributed by atoms with E-state index in [1.165, 1.54) is 6.07 Å².